The number of amides is 2. The van der Waals surface area contributed by atoms with Gasteiger partial charge in [-0.15, -0.1) is 0 Å². The SMILES string of the molecule is CC(C)(C)c1ccc(C(=O)N2CCc3c(ncnc3NC(=O)C34CC5CC(CC(C5)C3)C4)C2)cc1. The molecule has 0 saturated heterocycles. The maximum absolute atomic E-state index is 13.6. The molecule has 2 aromatic rings. The number of benzene rings is 1. The Bertz CT molecular complexity index is 1130. The molecular weight excluding hydrogens is 436 g/mol. The largest absolute Gasteiger partial charge is 0.332 e. The van der Waals surface area contributed by atoms with Crippen LogP contribution in [0.4, 0.5) is 5.82 Å². The van der Waals surface area contributed by atoms with E-state index in [4.69, 9.17) is 0 Å². The van der Waals surface area contributed by atoms with Gasteiger partial charge in [0.25, 0.3) is 5.91 Å². The van der Waals surface area contributed by atoms with Crippen LogP contribution in [-0.2, 0) is 23.2 Å². The van der Waals surface area contributed by atoms with Crippen molar-refractivity contribution in [2.75, 3.05) is 11.9 Å². The van der Waals surface area contributed by atoms with Gasteiger partial charge in [0.05, 0.1) is 17.7 Å². The molecule has 0 spiro atoms. The molecule has 1 aromatic heterocycles. The Morgan fingerprint density at radius 3 is 2.20 bits per heavy atom. The van der Waals surface area contributed by atoms with Crippen LogP contribution < -0.4 is 5.32 Å². The monoisotopic (exact) mass is 472 g/mol. The third-order valence-electron chi connectivity index (χ3n) is 9.04. The topological polar surface area (TPSA) is 75.2 Å². The first-order valence-electron chi connectivity index (χ1n) is 13.2. The maximum Gasteiger partial charge on any atom is 0.254 e. The van der Waals surface area contributed by atoms with E-state index in [-0.39, 0.29) is 22.6 Å². The zero-order valence-corrected chi connectivity index (χ0v) is 21.1. The first kappa shape index (κ1) is 22.7. The fourth-order valence-electron chi connectivity index (χ4n) is 7.56. The molecule has 7 rings (SSSR count). The molecule has 0 radical (unpaired) electrons. The van der Waals surface area contributed by atoms with Crippen LogP contribution in [0.1, 0.15) is 86.5 Å². The van der Waals surface area contributed by atoms with Gasteiger partial charge in [0, 0.05) is 17.7 Å². The minimum absolute atomic E-state index is 0.0221. The summed E-state index contributed by atoms with van der Waals surface area (Å²) < 4.78 is 0. The van der Waals surface area contributed by atoms with E-state index in [2.05, 4.69) is 36.1 Å². The molecule has 5 aliphatic rings. The molecule has 6 nitrogen and oxygen atoms in total. The lowest BCUT2D eigenvalue weighted by Gasteiger charge is -2.55. The maximum atomic E-state index is 13.6. The number of hydrogen-bond acceptors (Lipinski definition) is 4. The highest BCUT2D eigenvalue weighted by Gasteiger charge is 2.54. The number of nitrogens with zero attached hydrogens (tertiary/aromatic N) is 3. The molecule has 1 aromatic carbocycles. The van der Waals surface area contributed by atoms with E-state index >= 15 is 0 Å². The van der Waals surface area contributed by atoms with Crippen LogP contribution in [0, 0.1) is 23.2 Å². The van der Waals surface area contributed by atoms with E-state index in [1.165, 1.54) is 31.2 Å². The summed E-state index contributed by atoms with van der Waals surface area (Å²) in [6.45, 7) is 7.55. The second kappa shape index (κ2) is 8.14. The Morgan fingerprint density at radius 1 is 0.971 bits per heavy atom. The molecule has 1 aliphatic heterocycles. The highest BCUT2D eigenvalue weighted by atomic mass is 16.2. The lowest BCUT2D eigenvalue weighted by molar-refractivity contribution is -0.140. The molecule has 1 N–H and O–H groups in total. The van der Waals surface area contributed by atoms with Crippen molar-refractivity contribution in [2.24, 2.45) is 23.2 Å². The first-order chi connectivity index (χ1) is 16.7. The van der Waals surface area contributed by atoms with Crippen LogP contribution in [-0.4, -0.2) is 33.2 Å². The minimum atomic E-state index is -0.206. The summed E-state index contributed by atoms with van der Waals surface area (Å²) >= 11 is 0. The van der Waals surface area contributed by atoms with Crippen LogP contribution >= 0.6 is 0 Å². The van der Waals surface area contributed by atoms with Crippen molar-refractivity contribution >= 4 is 17.6 Å². The highest BCUT2D eigenvalue weighted by Crippen LogP contribution is 2.60. The van der Waals surface area contributed by atoms with Gasteiger partial charge in [-0.05, 0) is 85.8 Å². The van der Waals surface area contributed by atoms with Crippen molar-refractivity contribution in [2.45, 2.75) is 77.7 Å². The van der Waals surface area contributed by atoms with E-state index in [1.54, 1.807) is 0 Å². The van der Waals surface area contributed by atoms with E-state index in [0.29, 0.717) is 30.9 Å². The molecule has 4 aliphatic carbocycles. The number of carbonyl (C=O) groups excluding carboxylic acids is 2. The summed E-state index contributed by atoms with van der Waals surface area (Å²) in [6.07, 6.45) is 9.24. The van der Waals surface area contributed by atoms with Crippen LogP contribution in [0.2, 0.25) is 0 Å². The normalized spacial score (nSPS) is 29.1. The Balaban J connectivity index is 1.17. The summed E-state index contributed by atoms with van der Waals surface area (Å²) in [6, 6.07) is 7.95. The van der Waals surface area contributed by atoms with Crippen molar-refractivity contribution in [3.63, 3.8) is 0 Å². The lowest BCUT2D eigenvalue weighted by atomic mass is 9.49. The Kier molecular flexibility index (Phi) is 5.28. The predicted octanol–water partition coefficient (Wildman–Crippen LogP) is 5.13. The first-order valence-corrected chi connectivity index (χ1v) is 13.2. The third kappa shape index (κ3) is 4.05. The van der Waals surface area contributed by atoms with Gasteiger partial charge >= 0.3 is 0 Å². The van der Waals surface area contributed by atoms with E-state index in [1.807, 2.05) is 29.2 Å². The molecule has 0 atom stereocenters. The van der Waals surface area contributed by atoms with Gasteiger partial charge in [-0.1, -0.05) is 32.9 Å². The van der Waals surface area contributed by atoms with E-state index in [0.717, 1.165) is 48.3 Å². The summed E-state index contributed by atoms with van der Waals surface area (Å²) in [7, 11) is 0. The Morgan fingerprint density at radius 2 is 1.60 bits per heavy atom. The van der Waals surface area contributed by atoms with Crippen LogP contribution in [0.5, 0.6) is 0 Å². The number of rotatable bonds is 3. The molecule has 4 saturated carbocycles. The quantitative estimate of drug-likeness (QED) is 0.672. The molecule has 0 unspecified atom stereocenters. The van der Waals surface area contributed by atoms with Crippen LogP contribution in [0.25, 0.3) is 0 Å². The molecule has 184 valence electrons. The van der Waals surface area contributed by atoms with E-state index < -0.39 is 0 Å². The lowest BCUT2D eigenvalue weighted by Crippen LogP contribution is -2.52. The van der Waals surface area contributed by atoms with Gasteiger partial charge in [0.1, 0.15) is 12.1 Å². The van der Waals surface area contributed by atoms with Crippen molar-refractivity contribution < 1.29 is 9.59 Å². The summed E-state index contributed by atoms with van der Waals surface area (Å²) in [5, 5.41) is 3.23. The molecular formula is C29H36N4O2. The number of hydrogen-bond donors (Lipinski definition) is 1. The summed E-state index contributed by atoms with van der Waals surface area (Å²) in [5.74, 6) is 3.01. The number of carbonyl (C=O) groups is 2. The third-order valence-corrected chi connectivity index (χ3v) is 9.04. The van der Waals surface area contributed by atoms with Gasteiger partial charge in [0.2, 0.25) is 5.91 Å². The van der Waals surface area contributed by atoms with Gasteiger partial charge in [-0.25, -0.2) is 9.97 Å². The van der Waals surface area contributed by atoms with Crippen molar-refractivity contribution in [3.05, 3.63) is 53.0 Å². The van der Waals surface area contributed by atoms with Crippen molar-refractivity contribution in [1.82, 2.24) is 14.9 Å². The average molecular weight is 473 g/mol. The number of aromatic nitrogens is 2. The molecule has 6 heteroatoms. The minimum Gasteiger partial charge on any atom is -0.332 e. The predicted molar refractivity (Wildman–Crippen MR) is 135 cm³/mol. The molecule has 2 heterocycles. The second-order valence-electron chi connectivity index (χ2n) is 12.6. The second-order valence-corrected chi connectivity index (χ2v) is 12.6. The summed E-state index contributed by atoms with van der Waals surface area (Å²) in [5.41, 5.74) is 3.59. The van der Waals surface area contributed by atoms with Gasteiger partial charge in [0.15, 0.2) is 0 Å². The molecule has 4 fully saturated rings. The standard InChI is InChI=1S/C29H36N4O2/c1-28(2,3)22-6-4-21(5-7-22)26(34)33-9-8-23-24(16-33)30-17-31-25(23)32-27(35)29-13-18-10-19(14-29)12-20(11-18)15-29/h4-7,17-20H,8-16H2,1-3H3,(H,30,31,32,35). The number of nitrogens with one attached hydrogen (secondary N) is 1. The molecule has 2 amide bonds. The highest BCUT2D eigenvalue weighted by molar-refractivity contribution is 5.96. The van der Waals surface area contributed by atoms with Gasteiger partial charge < -0.3 is 10.2 Å². The zero-order chi connectivity index (χ0) is 24.4. The fraction of sp³-hybridized carbons (Fsp3) is 0.586. The van der Waals surface area contributed by atoms with E-state index in [9.17, 15) is 9.59 Å². The molecule has 4 bridgehead atoms. The number of fused-ring (bicyclic) bond motifs is 1. The van der Waals surface area contributed by atoms with Gasteiger partial charge in [-0.2, -0.15) is 0 Å². The fourth-order valence-corrected chi connectivity index (χ4v) is 7.56. The Labute approximate surface area is 207 Å². The smallest absolute Gasteiger partial charge is 0.254 e. The van der Waals surface area contributed by atoms with Crippen LogP contribution in [0.3, 0.4) is 0 Å². The molecule has 35 heavy (non-hydrogen) atoms. The Hall–Kier alpha value is -2.76. The van der Waals surface area contributed by atoms with Gasteiger partial charge in [-0.3, -0.25) is 9.59 Å². The van der Waals surface area contributed by atoms with Crippen molar-refractivity contribution in [3.8, 4) is 0 Å². The average Bonchev–Trinajstić information content (AvgIpc) is 2.82. The van der Waals surface area contributed by atoms with Crippen molar-refractivity contribution in [1.29, 1.82) is 0 Å². The van der Waals surface area contributed by atoms with Crippen LogP contribution in [0.15, 0.2) is 30.6 Å². The zero-order valence-electron chi connectivity index (χ0n) is 21.1. The number of anilines is 1. The summed E-state index contributed by atoms with van der Waals surface area (Å²) in [4.78, 5) is 37.6.